The lowest BCUT2D eigenvalue weighted by molar-refractivity contribution is 0.252. The Morgan fingerprint density at radius 3 is 2.50 bits per heavy atom. The summed E-state index contributed by atoms with van der Waals surface area (Å²) in [6.07, 6.45) is 1.54. The fourth-order valence-corrected chi connectivity index (χ4v) is 2.51. The van der Waals surface area contributed by atoms with Gasteiger partial charge in [-0.3, -0.25) is 0 Å². The van der Waals surface area contributed by atoms with Gasteiger partial charge in [-0.05, 0) is 50.2 Å². The van der Waals surface area contributed by atoms with Gasteiger partial charge in [0.2, 0.25) is 0 Å². The third-order valence-corrected chi connectivity index (χ3v) is 3.81. The average Bonchev–Trinajstić information content (AvgIpc) is 2.91. The molecule has 6 nitrogen and oxygen atoms in total. The highest BCUT2D eigenvalue weighted by Gasteiger charge is 2.11. The van der Waals surface area contributed by atoms with Gasteiger partial charge in [0.05, 0.1) is 23.3 Å². The van der Waals surface area contributed by atoms with Gasteiger partial charge in [-0.1, -0.05) is 18.2 Å². The van der Waals surface area contributed by atoms with Crippen LogP contribution in [-0.4, -0.2) is 22.0 Å². The molecule has 3 aromatic rings. The summed E-state index contributed by atoms with van der Waals surface area (Å²) >= 11 is 0. The van der Waals surface area contributed by atoms with Crippen molar-refractivity contribution in [3.05, 3.63) is 77.4 Å². The molecule has 0 fully saturated rings. The molecule has 2 amide bonds. The van der Waals surface area contributed by atoms with E-state index in [4.69, 9.17) is 0 Å². The number of aromatic nitrogens is 2. The topological polar surface area (TPSA) is 71.3 Å². The predicted octanol–water partition coefficient (Wildman–Crippen LogP) is 3.78. The molecular weight excluding hydrogens is 333 g/mol. The number of amides is 2. The minimum absolute atomic E-state index is 0.300. The Morgan fingerprint density at radius 2 is 1.81 bits per heavy atom. The number of urea groups is 1. The van der Waals surface area contributed by atoms with Crippen molar-refractivity contribution in [1.29, 1.82) is 0 Å². The Kier molecular flexibility index (Phi) is 5.07. The smallest absolute Gasteiger partial charge is 0.307 e. The number of hydrogen-bond donors (Lipinski definition) is 2. The maximum absolute atomic E-state index is 13.1. The Morgan fingerprint density at radius 1 is 1.12 bits per heavy atom. The fraction of sp³-hybridized carbons (Fsp3) is 0.105. The third-order valence-electron chi connectivity index (χ3n) is 3.81. The first kappa shape index (κ1) is 17.3. The monoisotopic (exact) mass is 351 g/mol. The summed E-state index contributed by atoms with van der Waals surface area (Å²) in [4.78, 5) is 11.8. The van der Waals surface area contributed by atoms with Crippen molar-refractivity contribution in [2.45, 2.75) is 13.8 Å². The number of carbonyl (C=O) groups excluding carboxylic acids is 1. The first-order valence-electron chi connectivity index (χ1n) is 8.02. The van der Waals surface area contributed by atoms with Crippen LogP contribution in [0.4, 0.5) is 14.9 Å². The molecule has 0 aliphatic carbocycles. The molecule has 132 valence electrons. The Labute approximate surface area is 150 Å². The Balaban J connectivity index is 1.70. The zero-order valence-corrected chi connectivity index (χ0v) is 14.4. The van der Waals surface area contributed by atoms with Crippen molar-refractivity contribution in [2.24, 2.45) is 5.10 Å². The van der Waals surface area contributed by atoms with E-state index < -0.39 is 6.03 Å². The number of benzene rings is 2. The molecule has 7 heteroatoms. The molecule has 0 unspecified atom stereocenters. The average molecular weight is 351 g/mol. The summed E-state index contributed by atoms with van der Waals surface area (Å²) < 4.78 is 14.8. The van der Waals surface area contributed by atoms with E-state index >= 15 is 0 Å². The van der Waals surface area contributed by atoms with Crippen LogP contribution in [0.5, 0.6) is 0 Å². The van der Waals surface area contributed by atoms with Crippen molar-refractivity contribution < 1.29 is 9.18 Å². The highest BCUT2D eigenvalue weighted by Crippen LogP contribution is 2.16. The highest BCUT2D eigenvalue weighted by atomic mass is 19.1. The van der Waals surface area contributed by atoms with Gasteiger partial charge < -0.3 is 5.32 Å². The van der Waals surface area contributed by atoms with Crippen molar-refractivity contribution in [2.75, 3.05) is 5.32 Å². The van der Waals surface area contributed by atoms with Gasteiger partial charge in [0.25, 0.3) is 0 Å². The minimum Gasteiger partial charge on any atom is -0.307 e. The second-order valence-corrected chi connectivity index (χ2v) is 5.66. The maximum Gasteiger partial charge on any atom is 0.339 e. The van der Waals surface area contributed by atoms with E-state index in [1.807, 2.05) is 32.0 Å². The number of hydrazone groups is 1. The van der Waals surface area contributed by atoms with Crippen molar-refractivity contribution in [3.63, 3.8) is 0 Å². The molecule has 0 aliphatic heterocycles. The number of nitrogens with zero attached hydrogens (tertiary/aromatic N) is 3. The number of anilines is 1. The normalized spacial score (nSPS) is 10.9. The number of para-hydroxylation sites is 1. The lowest BCUT2D eigenvalue weighted by atomic mass is 10.2. The van der Waals surface area contributed by atoms with Crippen LogP contribution in [0.25, 0.3) is 5.69 Å². The predicted molar refractivity (Wildman–Crippen MR) is 99.2 cm³/mol. The van der Waals surface area contributed by atoms with Crippen LogP contribution in [0.2, 0.25) is 0 Å². The molecular formula is C19H18FN5O. The molecule has 2 N–H and O–H groups in total. The lowest BCUT2D eigenvalue weighted by Crippen LogP contribution is -2.24. The molecule has 0 atom stereocenters. The van der Waals surface area contributed by atoms with Gasteiger partial charge in [0, 0.05) is 11.3 Å². The van der Waals surface area contributed by atoms with Crippen LogP contribution in [0.15, 0.2) is 59.7 Å². The second-order valence-electron chi connectivity index (χ2n) is 5.66. The van der Waals surface area contributed by atoms with Crippen LogP contribution in [0.3, 0.4) is 0 Å². The number of aryl methyl sites for hydroxylation is 1. The van der Waals surface area contributed by atoms with E-state index in [1.165, 1.54) is 12.1 Å². The number of rotatable bonds is 4. The maximum atomic E-state index is 13.1. The van der Waals surface area contributed by atoms with E-state index in [0.29, 0.717) is 5.69 Å². The van der Waals surface area contributed by atoms with Gasteiger partial charge in [-0.2, -0.15) is 10.2 Å². The van der Waals surface area contributed by atoms with Gasteiger partial charge in [0.15, 0.2) is 0 Å². The third kappa shape index (κ3) is 3.94. The number of carbonyl (C=O) groups is 1. The van der Waals surface area contributed by atoms with E-state index in [0.717, 1.165) is 22.6 Å². The van der Waals surface area contributed by atoms with Gasteiger partial charge >= 0.3 is 6.03 Å². The van der Waals surface area contributed by atoms with Crippen LogP contribution >= 0.6 is 0 Å². The van der Waals surface area contributed by atoms with E-state index in [2.05, 4.69) is 20.9 Å². The molecule has 2 aromatic carbocycles. The Hall–Kier alpha value is -3.48. The van der Waals surface area contributed by atoms with Crippen molar-refractivity contribution in [3.8, 4) is 5.69 Å². The van der Waals surface area contributed by atoms with Gasteiger partial charge in [0.1, 0.15) is 5.82 Å². The molecule has 26 heavy (non-hydrogen) atoms. The zero-order chi connectivity index (χ0) is 18.5. The minimum atomic E-state index is -0.436. The van der Waals surface area contributed by atoms with E-state index in [9.17, 15) is 9.18 Å². The summed E-state index contributed by atoms with van der Waals surface area (Å²) in [6.45, 7) is 3.73. The fourth-order valence-electron chi connectivity index (χ4n) is 2.51. The number of hydrogen-bond acceptors (Lipinski definition) is 3. The Bertz CT molecular complexity index is 933. The lowest BCUT2D eigenvalue weighted by Gasteiger charge is -2.04. The van der Waals surface area contributed by atoms with Crippen molar-refractivity contribution >= 4 is 17.9 Å². The molecule has 3 rings (SSSR count). The molecule has 0 spiro atoms. The standard InChI is InChI=1S/C19H18FN5O/c1-13-18(12-21-23-19(26)22-16-6-4-3-5-7-16)14(2)25(24-13)17-10-8-15(20)9-11-17/h3-12H,1-2H3,(H2,22,23,26)/b21-12-. The summed E-state index contributed by atoms with van der Waals surface area (Å²) in [5.41, 5.74) is 6.23. The van der Waals surface area contributed by atoms with Crippen LogP contribution < -0.4 is 10.7 Å². The largest absolute Gasteiger partial charge is 0.339 e. The molecule has 1 aromatic heterocycles. The molecule has 0 radical (unpaired) electrons. The number of nitrogens with one attached hydrogen (secondary N) is 2. The first-order valence-corrected chi connectivity index (χ1v) is 8.02. The van der Waals surface area contributed by atoms with Crippen LogP contribution in [0.1, 0.15) is 17.0 Å². The number of halogens is 1. The molecule has 1 heterocycles. The highest BCUT2D eigenvalue weighted by molar-refractivity contribution is 5.90. The summed E-state index contributed by atoms with van der Waals surface area (Å²) in [7, 11) is 0. The van der Waals surface area contributed by atoms with Gasteiger partial charge in [-0.25, -0.2) is 19.3 Å². The molecule has 0 saturated heterocycles. The SMILES string of the molecule is Cc1nn(-c2ccc(F)cc2)c(C)c1/C=N\NC(=O)Nc1ccccc1. The van der Waals surface area contributed by atoms with E-state index in [1.54, 1.807) is 35.2 Å². The first-order chi connectivity index (χ1) is 12.5. The second kappa shape index (κ2) is 7.60. The summed E-state index contributed by atoms with van der Waals surface area (Å²) in [6, 6.07) is 14.7. The quantitative estimate of drug-likeness (QED) is 0.555. The van der Waals surface area contributed by atoms with Crippen molar-refractivity contribution in [1.82, 2.24) is 15.2 Å². The zero-order valence-electron chi connectivity index (χ0n) is 14.4. The molecule has 0 saturated carbocycles. The van der Waals surface area contributed by atoms with Crippen LogP contribution in [0, 0.1) is 19.7 Å². The van der Waals surface area contributed by atoms with Gasteiger partial charge in [-0.15, -0.1) is 0 Å². The van der Waals surface area contributed by atoms with Crippen LogP contribution in [-0.2, 0) is 0 Å². The summed E-state index contributed by atoms with van der Waals surface area (Å²) in [5, 5.41) is 11.1. The molecule has 0 bridgehead atoms. The molecule has 0 aliphatic rings. The van der Waals surface area contributed by atoms with E-state index in [-0.39, 0.29) is 5.82 Å². The summed E-state index contributed by atoms with van der Waals surface area (Å²) in [5.74, 6) is -0.300.